The number of hydrogen-bond donors (Lipinski definition) is 0. The Balaban J connectivity index is 1.30. The van der Waals surface area contributed by atoms with Crippen LogP contribution in [0, 0.1) is 17.2 Å². The third-order valence-electron chi connectivity index (χ3n) is 6.72. The molecule has 3 aliphatic rings. The van der Waals surface area contributed by atoms with Crippen molar-refractivity contribution in [2.24, 2.45) is 10.7 Å². The first-order chi connectivity index (χ1) is 13.2. The molecular weight excluding hydrogens is 338 g/mol. The number of aryl methyl sites for hydroxylation is 2. The second kappa shape index (κ2) is 6.37. The lowest BCUT2D eigenvalue weighted by Gasteiger charge is -2.55. The Morgan fingerprint density at radius 3 is 2.70 bits per heavy atom. The normalized spacial score (nSPS) is 23.9. The van der Waals surface area contributed by atoms with E-state index in [9.17, 15) is 4.91 Å². The predicted octanol–water partition coefficient (Wildman–Crippen LogP) is 3.52. The highest BCUT2D eigenvalue weighted by Gasteiger charge is 2.48. The topological polar surface area (TPSA) is 61.7 Å². The van der Waals surface area contributed by atoms with Gasteiger partial charge in [0.25, 0.3) is 0 Å². The number of likely N-dealkylation sites (tertiary alicyclic amines) is 1. The summed E-state index contributed by atoms with van der Waals surface area (Å²) in [5.41, 5.74) is 6.57. The number of nitrogens with zero attached hydrogens (tertiary/aromatic N) is 5. The lowest BCUT2D eigenvalue weighted by molar-refractivity contribution is -0.0699. The summed E-state index contributed by atoms with van der Waals surface area (Å²) in [5, 5.41) is 4.77. The fourth-order valence-electron chi connectivity index (χ4n) is 5.15. The van der Waals surface area contributed by atoms with E-state index in [4.69, 9.17) is 0 Å². The molecule has 0 unspecified atom stereocenters. The van der Waals surface area contributed by atoms with Gasteiger partial charge in [0.2, 0.25) is 0 Å². The molecule has 6 nitrogen and oxygen atoms in total. The third-order valence-corrected chi connectivity index (χ3v) is 6.72. The van der Waals surface area contributed by atoms with Crippen LogP contribution in [-0.2, 0) is 6.42 Å². The van der Waals surface area contributed by atoms with E-state index in [-0.39, 0.29) is 0 Å². The first-order valence-electron chi connectivity index (χ1n) is 9.90. The summed E-state index contributed by atoms with van der Waals surface area (Å²) in [6.07, 6.45) is 6.19. The molecule has 1 atom stereocenters. The molecule has 0 N–H and O–H groups in total. The van der Waals surface area contributed by atoms with Gasteiger partial charge in [0.1, 0.15) is 6.33 Å². The van der Waals surface area contributed by atoms with Crippen LogP contribution >= 0.6 is 0 Å². The summed E-state index contributed by atoms with van der Waals surface area (Å²) < 4.78 is 0. The summed E-state index contributed by atoms with van der Waals surface area (Å²) in [5.74, 6) is 0. The van der Waals surface area contributed by atoms with Gasteiger partial charge in [0, 0.05) is 43.5 Å². The average molecular weight is 363 g/mol. The molecule has 27 heavy (non-hydrogen) atoms. The number of benzene rings is 1. The van der Waals surface area contributed by atoms with E-state index in [1.807, 2.05) is 13.0 Å². The summed E-state index contributed by atoms with van der Waals surface area (Å²) in [6, 6.07) is 9.44. The lowest BCUT2D eigenvalue weighted by atomic mass is 9.71. The van der Waals surface area contributed by atoms with Crippen LogP contribution in [0.1, 0.15) is 42.1 Å². The molecule has 1 aromatic heterocycles. The molecule has 2 aliphatic heterocycles. The summed E-state index contributed by atoms with van der Waals surface area (Å²) in [7, 11) is 0. The highest BCUT2D eigenvalue weighted by atomic mass is 16.3. The minimum absolute atomic E-state index is 0.419. The fourth-order valence-corrected chi connectivity index (χ4v) is 5.15. The molecule has 1 spiro atoms. The van der Waals surface area contributed by atoms with Gasteiger partial charge in [-0.15, -0.1) is 4.91 Å². The zero-order valence-corrected chi connectivity index (χ0v) is 15.8. The molecule has 6 heteroatoms. The number of hydrogen-bond acceptors (Lipinski definition) is 5. The van der Waals surface area contributed by atoms with Crippen LogP contribution in [0.5, 0.6) is 0 Å². The highest BCUT2D eigenvalue weighted by molar-refractivity contribution is 5.62. The Morgan fingerprint density at radius 1 is 1.15 bits per heavy atom. The molecule has 3 heterocycles. The van der Waals surface area contributed by atoms with E-state index in [1.54, 1.807) is 11.3 Å². The minimum Gasteiger partial charge on any atom is -0.295 e. The monoisotopic (exact) mass is 363 g/mol. The van der Waals surface area contributed by atoms with Crippen LogP contribution in [0.15, 0.2) is 35.9 Å². The Labute approximate surface area is 159 Å². The van der Waals surface area contributed by atoms with E-state index in [0.29, 0.717) is 11.5 Å². The molecule has 140 valence electrons. The molecule has 2 saturated heterocycles. The largest absolute Gasteiger partial charge is 0.295 e. The first-order valence-corrected chi connectivity index (χ1v) is 9.90. The molecule has 1 aliphatic carbocycles. The van der Waals surface area contributed by atoms with Crippen molar-refractivity contribution in [3.63, 3.8) is 0 Å². The van der Waals surface area contributed by atoms with Gasteiger partial charge in [-0.3, -0.25) is 9.91 Å². The van der Waals surface area contributed by atoms with Crippen molar-refractivity contribution in [2.45, 2.75) is 38.6 Å². The van der Waals surface area contributed by atoms with Crippen molar-refractivity contribution < 1.29 is 0 Å². The lowest BCUT2D eigenvalue weighted by Crippen LogP contribution is -2.60. The maximum absolute atomic E-state index is 10.7. The van der Waals surface area contributed by atoms with Crippen LogP contribution in [0.25, 0.3) is 11.3 Å². The van der Waals surface area contributed by atoms with Crippen LogP contribution in [0.3, 0.4) is 0 Å². The second-order valence-electron chi connectivity index (χ2n) is 8.45. The van der Waals surface area contributed by atoms with E-state index in [0.717, 1.165) is 56.8 Å². The summed E-state index contributed by atoms with van der Waals surface area (Å²) in [4.78, 5) is 22.0. The van der Waals surface area contributed by atoms with Gasteiger partial charge < -0.3 is 0 Å². The quantitative estimate of drug-likeness (QED) is 0.781. The Kier molecular flexibility index (Phi) is 3.97. The predicted molar refractivity (Wildman–Crippen MR) is 104 cm³/mol. The summed E-state index contributed by atoms with van der Waals surface area (Å²) >= 11 is 0. The molecule has 1 aromatic carbocycles. The molecule has 2 fully saturated rings. The fraction of sp³-hybridized carbons (Fsp3) is 0.524. The van der Waals surface area contributed by atoms with E-state index in [2.05, 4.69) is 38.4 Å². The summed E-state index contributed by atoms with van der Waals surface area (Å²) in [6.45, 7) is 5.97. The van der Waals surface area contributed by atoms with Crippen molar-refractivity contribution in [3.05, 3.63) is 52.3 Å². The second-order valence-corrected chi connectivity index (χ2v) is 8.45. The zero-order valence-electron chi connectivity index (χ0n) is 15.8. The minimum atomic E-state index is 0.419. The highest BCUT2D eigenvalue weighted by Crippen LogP contribution is 2.48. The maximum atomic E-state index is 10.7. The standard InChI is InChI=1S/C21H25N5O/c1-15-10-19(23-14-22-15)17-2-4-18-16(11-17)3-5-20(18)25-12-21(13-25)6-8-26(24-27)9-7-21/h2,4,10-11,14,20H,3,5-9,12-13H2,1H3/t20-/m1/s1. The number of nitroso groups, excluding NO2 is 1. The first kappa shape index (κ1) is 16.8. The molecular formula is C21H25N5O. The van der Waals surface area contributed by atoms with Crippen LogP contribution in [-0.4, -0.2) is 46.1 Å². The van der Waals surface area contributed by atoms with Gasteiger partial charge in [0.15, 0.2) is 0 Å². The van der Waals surface area contributed by atoms with Gasteiger partial charge in [0.05, 0.1) is 11.0 Å². The van der Waals surface area contributed by atoms with Crippen molar-refractivity contribution in [3.8, 4) is 11.3 Å². The third kappa shape index (κ3) is 2.92. The molecule has 5 rings (SSSR count). The van der Waals surface area contributed by atoms with Crippen molar-refractivity contribution >= 4 is 0 Å². The van der Waals surface area contributed by atoms with Crippen LogP contribution in [0.2, 0.25) is 0 Å². The van der Waals surface area contributed by atoms with Crippen molar-refractivity contribution in [2.75, 3.05) is 26.2 Å². The van der Waals surface area contributed by atoms with Gasteiger partial charge in [-0.1, -0.05) is 12.1 Å². The molecule has 0 amide bonds. The van der Waals surface area contributed by atoms with Crippen LogP contribution < -0.4 is 0 Å². The van der Waals surface area contributed by atoms with Crippen molar-refractivity contribution in [1.82, 2.24) is 19.9 Å². The molecule has 0 radical (unpaired) electrons. The number of piperidine rings is 1. The van der Waals surface area contributed by atoms with Gasteiger partial charge >= 0.3 is 0 Å². The van der Waals surface area contributed by atoms with E-state index < -0.39 is 0 Å². The van der Waals surface area contributed by atoms with Gasteiger partial charge in [-0.05, 0) is 61.3 Å². The Hall–Kier alpha value is -2.34. The number of rotatable bonds is 3. The molecule has 0 bridgehead atoms. The molecule has 2 aromatic rings. The zero-order chi connectivity index (χ0) is 18.4. The molecule has 0 saturated carbocycles. The Bertz CT molecular complexity index is 867. The Morgan fingerprint density at radius 2 is 1.96 bits per heavy atom. The number of aromatic nitrogens is 2. The van der Waals surface area contributed by atoms with E-state index >= 15 is 0 Å². The van der Waals surface area contributed by atoms with E-state index in [1.165, 1.54) is 23.1 Å². The smallest absolute Gasteiger partial charge is 0.116 e. The van der Waals surface area contributed by atoms with Gasteiger partial charge in [-0.2, -0.15) is 0 Å². The van der Waals surface area contributed by atoms with Crippen molar-refractivity contribution in [1.29, 1.82) is 0 Å². The SMILES string of the molecule is Cc1cc(-c2ccc3c(c2)CC[C@H]3N2CC3(CCN(N=O)CC3)C2)ncn1. The maximum Gasteiger partial charge on any atom is 0.116 e. The number of fused-ring (bicyclic) bond motifs is 1. The van der Waals surface area contributed by atoms with Crippen LogP contribution in [0.4, 0.5) is 0 Å². The average Bonchev–Trinajstić information content (AvgIpc) is 3.09. The van der Waals surface area contributed by atoms with Gasteiger partial charge in [-0.25, -0.2) is 9.97 Å².